The summed E-state index contributed by atoms with van der Waals surface area (Å²) < 4.78 is 19.7. The number of imide groups is 1. The molecule has 1 aromatic rings. The summed E-state index contributed by atoms with van der Waals surface area (Å²) in [7, 11) is 0. The zero-order valence-corrected chi connectivity index (χ0v) is 15.1. The van der Waals surface area contributed by atoms with Crippen molar-refractivity contribution in [3.05, 3.63) is 35.6 Å². The van der Waals surface area contributed by atoms with Crippen molar-refractivity contribution in [3.63, 3.8) is 0 Å². The van der Waals surface area contributed by atoms with Gasteiger partial charge in [-0.15, -0.1) is 0 Å². The Labute approximate surface area is 158 Å². The number of allylic oxidation sites excluding steroid dienone is 2. The normalized spacial score (nSPS) is 14.6. The van der Waals surface area contributed by atoms with E-state index in [2.05, 4.69) is 4.74 Å². The highest BCUT2D eigenvalue weighted by molar-refractivity contribution is 6.07. The van der Waals surface area contributed by atoms with Gasteiger partial charge in [0, 0.05) is 20.8 Å². The van der Waals surface area contributed by atoms with Crippen LogP contribution in [0.25, 0.3) is 6.08 Å². The van der Waals surface area contributed by atoms with Crippen LogP contribution in [-0.2, 0) is 23.9 Å². The van der Waals surface area contributed by atoms with Gasteiger partial charge in [0.15, 0.2) is 17.3 Å². The molecular weight excluding hydrogens is 374 g/mol. The Kier molecular flexibility index (Phi) is 6.27. The topological polar surface area (TPSA) is 134 Å². The van der Waals surface area contributed by atoms with Gasteiger partial charge in [-0.05, 0) is 23.8 Å². The second kappa shape index (κ2) is 8.62. The minimum Gasteiger partial charge on any atom is -0.423 e. The molecule has 146 valence electrons. The van der Waals surface area contributed by atoms with Crippen molar-refractivity contribution in [2.45, 2.75) is 20.8 Å². The Balaban J connectivity index is 2.44. The van der Waals surface area contributed by atoms with E-state index in [9.17, 15) is 24.0 Å². The predicted octanol–water partition coefficient (Wildman–Crippen LogP) is 1.63. The van der Waals surface area contributed by atoms with Gasteiger partial charge in [-0.1, -0.05) is 12.2 Å². The molecule has 1 heterocycles. The maximum Gasteiger partial charge on any atom is 0.419 e. The average molecular weight is 389 g/mol. The molecule has 0 saturated carbocycles. The molecule has 28 heavy (non-hydrogen) atoms. The summed E-state index contributed by atoms with van der Waals surface area (Å²) in [6, 6.07) is 2.70. The lowest BCUT2D eigenvalue weighted by molar-refractivity contribution is -0.135. The summed E-state index contributed by atoms with van der Waals surface area (Å²) in [5.41, 5.74) is 0.366. The van der Waals surface area contributed by atoms with Gasteiger partial charge in [0.05, 0.1) is 0 Å². The molecule has 0 aromatic heterocycles. The molecule has 10 nitrogen and oxygen atoms in total. The maximum absolute atomic E-state index is 11.4. The Hall–Kier alpha value is -3.95. The first kappa shape index (κ1) is 20.4. The fourth-order valence-electron chi connectivity index (χ4n) is 2.08. The van der Waals surface area contributed by atoms with Crippen molar-refractivity contribution < 1.29 is 42.9 Å². The molecule has 1 fully saturated rings. The number of carbonyl (C=O) groups is 5. The van der Waals surface area contributed by atoms with E-state index in [1.165, 1.54) is 30.4 Å². The number of nitrogens with one attached hydrogen (secondary N) is 1. The van der Waals surface area contributed by atoms with Crippen molar-refractivity contribution in [1.29, 1.82) is 0 Å². The highest BCUT2D eigenvalue weighted by Gasteiger charge is 2.25. The highest BCUT2D eigenvalue weighted by atomic mass is 16.6. The molecule has 1 aliphatic rings. The van der Waals surface area contributed by atoms with Crippen LogP contribution in [0.15, 0.2) is 30.0 Å². The Morgan fingerprint density at radius 2 is 1.46 bits per heavy atom. The van der Waals surface area contributed by atoms with Crippen molar-refractivity contribution in [2.24, 2.45) is 0 Å². The molecule has 1 saturated heterocycles. The summed E-state index contributed by atoms with van der Waals surface area (Å²) in [6.45, 7) is 3.41. The Bertz CT molecular complexity index is 890. The second-order valence-corrected chi connectivity index (χ2v) is 5.36. The number of hydrogen-bond acceptors (Lipinski definition) is 9. The number of hydrogen-bond donors (Lipinski definition) is 1. The van der Waals surface area contributed by atoms with Crippen LogP contribution in [0.2, 0.25) is 0 Å². The minimum atomic E-state index is -0.885. The third-order valence-electron chi connectivity index (χ3n) is 2.97. The maximum atomic E-state index is 11.4. The monoisotopic (exact) mass is 389 g/mol. The number of cyclic esters (lactones) is 1. The minimum absolute atomic E-state index is 0.154. The largest absolute Gasteiger partial charge is 0.423 e. The summed E-state index contributed by atoms with van der Waals surface area (Å²) >= 11 is 0. The Morgan fingerprint density at radius 3 is 1.89 bits per heavy atom. The van der Waals surface area contributed by atoms with E-state index in [4.69, 9.17) is 14.2 Å². The van der Waals surface area contributed by atoms with Gasteiger partial charge in [-0.3, -0.25) is 24.5 Å². The lowest BCUT2D eigenvalue weighted by atomic mass is 10.1. The van der Waals surface area contributed by atoms with E-state index >= 15 is 0 Å². The number of ether oxygens (including phenoxy) is 4. The molecule has 2 rings (SSSR count). The molecule has 0 spiro atoms. The van der Waals surface area contributed by atoms with Gasteiger partial charge in [0.2, 0.25) is 5.75 Å². The van der Waals surface area contributed by atoms with Crippen LogP contribution in [0.1, 0.15) is 26.3 Å². The van der Waals surface area contributed by atoms with Crippen LogP contribution in [-0.4, -0.2) is 29.9 Å². The molecule has 0 atom stereocenters. The predicted molar refractivity (Wildman–Crippen MR) is 92.1 cm³/mol. The van der Waals surface area contributed by atoms with Crippen molar-refractivity contribution in [3.8, 4) is 17.2 Å². The zero-order valence-electron chi connectivity index (χ0n) is 15.1. The molecule has 1 aromatic carbocycles. The smallest absolute Gasteiger partial charge is 0.419 e. The third-order valence-corrected chi connectivity index (χ3v) is 2.97. The molecule has 2 amide bonds. The van der Waals surface area contributed by atoms with Crippen molar-refractivity contribution >= 4 is 36.0 Å². The number of amides is 2. The first-order valence-electron chi connectivity index (χ1n) is 7.80. The van der Waals surface area contributed by atoms with E-state index in [0.717, 1.165) is 20.8 Å². The van der Waals surface area contributed by atoms with Crippen LogP contribution in [0.3, 0.4) is 0 Å². The molecule has 10 heteroatoms. The summed E-state index contributed by atoms with van der Waals surface area (Å²) in [6.07, 6.45) is 3.18. The van der Waals surface area contributed by atoms with Gasteiger partial charge >= 0.3 is 24.0 Å². The van der Waals surface area contributed by atoms with Gasteiger partial charge in [-0.2, -0.15) is 0 Å². The van der Waals surface area contributed by atoms with E-state index in [1.54, 1.807) is 0 Å². The average Bonchev–Trinajstić information content (AvgIpc) is 2.87. The zero-order chi connectivity index (χ0) is 20.8. The SMILES string of the molecule is CC(=O)Oc1cc(/C=C/C=C2\OC(=O)NC2=O)cc(OC(C)=O)c1OC(C)=O. The Morgan fingerprint density at radius 1 is 0.929 bits per heavy atom. The quantitative estimate of drug-likeness (QED) is 0.453. The number of alkyl carbamates (subject to hydrolysis) is 1. The summed E-state index contributed by atoms with van der Waals surface area (Å²) in [5, 5.41) is 1.94. The first-order chi connectivity index (χ1) is 13.2. The molecular formula is C18H15NO9. The van der Waals surface area contributed by atoms with Crippen LogP contribution in [0, 0.1) is 0 Å². The van der Waals surface area contributed by atoms with Gasteiger partial charge < -0.3 is 18.9 Å². The third kappa shape index (κ3) is 5.53. The van der Waals surface area contributed by atoms with Crippen LogP contribution in [0.4, 0.5) is 4.79 Å². The molecule has 0 aliphatic carbocycles. The van der Waals surface area contributed by atoms with Gasteiger partial charge in [0.25, 0.3) is 5.91 Å². The van der Waals surface area contributed by atoms with E-state index < -0.39 is 29.9 Å². The molecule has 1 aliphatic heterocycles. The molecule has 0 unspecified atom stereocenters. The fraction of sp³-hybridized carbons (Fsp3) is 0.167. The van der Waals surface area contributed by atoms with Crippen LogP contribution >= 0.6 is 0 Å². The van der Waals surface area contributed by atoms with Gasteiger partial charge in [-0.25, -0.2) is 4.79 Å². The van der Waals surface area contributed by atoms with E-state index in [1.807, 2.05) is 5.32 Å². The van der Waals surface area contributed by atoms with E-state index in [-0.39, 0.29) is 23.0 Å². The van der Waals surface area contributed by atoms with Crippen molar-refractivity contribution in [2.75, 3.05) is 0 Å². The van der Waals surface area contributed by atoms with Crippen molar-refractivity contribution in [1.82, 2.24) is 5.32 Å². The molecule has 1 N–H and O–H groups in total. The summed E-state index contributed by atoms with van der Waals surface area (Å²) in [4.78, 5) is 56.4. The van der Waals surface area contributed by atoms with Crippen LogP contribution in [0.5, 0.6) is 17.2 Å². The number of esters is 3. The lowest BCUT2D eigenvalue weighted by Gasteiger charge is -2.14. The number of benzene rings is 1. The summed E-state index contributed by atoms with van der Waals surface area (Å²) in [5.74, 6) is -3.56. The standard InChI is InChI=1S/C18H15NO9/c1-9(20)25-14-7-12(5-4-6-13-17(23)19-18(24)28-13)8-15(26-10(2)21)16(14)27-11(3)22/h4-8H,1-3H3,(H,19,23,24)/b5-4+,13-6-. The number of rotatable bonds is 5. The fourth-order valence-corrected chi connectivity index (χ4v) is 2.08. The van der Waals surface area contributed by atoms with Crippen LogP contribution < -0.4 is 19.5 Å². The number of carbonyl (C=O) groups excluding carboxylic acids is 5. The first-order valence-corrected chi connectivity index (χ1v) is 7.80. The second-order valence-electron chi connectivity index (χ2n) is 5.36. The molecule has 0 radical (unpaired) electrons. The lowest BCUT2D eigenvalue weighted by Crippen LogP contribution is -2.18. The highest BCUT2D eigenvalue weighted by Crippen LogP contribution is 2.39. The van der Waals surface area contributed by atoms with E-state index in [0.29, 0.717) is 5.56 Å². The molecule has 0 bridgehead atoms. The van der Waals surface area contributed by atoms with Gasteiger partial charge in [0.1, 0.15) is 0 Å².